The van der Waals surface area contributed by atoms with Gasteiger partial charge >= 0.3 is 5.97 Å². The van der Waals surface area contributed by atoms with Gasteiger partial charge in [0.15, 0.2) is 0 Å². The molecule has 1 aromatic heterocycles. The van der Waals surface area contributed by atoms with Crippen molar-refractivity contribution in [2.45, 2.75) is 19.9 Å². The fourth-order valence-corrected chi connectivity index (χ4v) is 3.46. The van der Waals surface area contributed by atoms with Gasteiger partial charge in [-0.05, 0) is 36.8 Å². The average Bonchev–Trinajstić information content (AvgIpc) is 3.18. The van der Waals surface area contributed by atoms with Gasteiger partial charge in [-0.25, -0.2) is 4.79 Å². The summed E-state index contributed by atoms with van der Waals surface area (Å²) in [4.78, 5) is 17.2. The number of fused-ring (bicyclic) bond motifs is 1. The summed E-state index contributed by atoms with van der Waals surface area (Å²) in [5.41, 5.74) is 2.60. The van der Waals surface area contributed by atoms with Crippen molar-refractivity contribution in [3.05, 3.63) is 96.2 Å². The monoisotopic (exact) mass is 428 g/mol. The Morgan fingerprint density at radius 2 is 1.72 bits per heavy atom. The Morgan fingerprint density at radius 3 is 2.50 bits per heavy atom. The zero-order valence-electron chi connectivity index (χ0n) is 17.8. The molecule has 0 atom stereocenters. The second-order valence-corrected chi connectivity index (χ2v) is 7.31. The molecule has 0 aliphatic carbocycles. The topological polar surface area (TPSA) is 73.1 Å². The molecular formula is C26H24N2O4. The zero-order chi connectivity index (χ0) is 22.3. The Bertz CT molecular complexity index is 1250. The molecule has 0 bridgehead atoms. The lowest BCUT2D eigenvalue weighted by molar-refractivity contribution is 0.0699. The van der Waals surface area contributed by atoms with Crippen LogP contribution in [0, 0.1) is 0 Å². The predicted octanol–water partition coefficient (Wildman–Crippen LogP) is 5.96. The van der Waals surface area contributed by atoms with Gasteiger partial charge in [-0.15, -0.1) is 0 Å². The summed E-state index contributed by atoms with van der Waals surface area (Å²) >= 11 is 0. The van der Waals surface area contributed by atoms with E-state index in [2.05, 4.69) is 5.16 Å². The van der Waals surface area contributed by atoms with E-state index in [9.17, 15) is 9.90 Å². The largest absolute Gasteiger partial charge is 0.478 e. The number of aromatic carboxylic acids is 1. The molecular weight excluding hydrogens is 404 g/mol. The fraction of sp³-hybridized carbons (Fsp3) is 0.154. The van der Waals surface area contributed by atoms with Crippen molar-refractivity contribution in [3.63, 3.8) is 0 Å². The summed E-state index contributed by atoms with van der Waals surface area (Å²) in [7, 11) is 0. The molecule has 0 spiro atoms. The van der Waals surface area contributed by atoms with E-state index in [1.165, 1.54) is 0 Å². The number of aromatic nitrogens is 1. The highest BCUT2D eigenvalue weighted by molar-refractivity contribution is 6.05. The number of hydrogen-bond donors (Lipinski definition) is 1. The summed E-state index contributed by atoms with van der Waals surface area (Å²) in [6.45, 7) is 2.87. The third kappa shape index (κ3) is 4.81. The van der Waals surface area contributed by atoms with Crippen LogP contribution in [-0.2, 0) is 11.4 Å². The quantitative estimate of drug-likeness (QED) is 0.203. The fourth-order valence-electron chi connectivity index (χ4n) is 3.46. The molecule has 162 valence electrons. The Balaban J connectivity index is 1.69. The maximum absolute atomic E-state index is 11.7. The minimum atomic E-state index is -0.959. The second-order valence-electron chi connectivity index (χ2n) is 7.31. The predicted molar refractivity (Wildman–Crippen MR) is 125 cm³/mol. The molecule has 0 unspecified atom stereocenters. The average molecular weight is 428 g/mol. The summed E-state index contributed by atoms with van der Waals surface area (Å²) in [6.07, 6.45) is 2.48. The van der Waals surface area contributed by atoms with E-state index >= 15 is 0 Å². The first-order chi connectivity index (χ1) is 15.7. The molecule has 4 aromatic rings. The van der Waals surface area contributed by atoms with Crippen molar-refractivity contribution >= 4 is 22.6 Å². The molecule has 0 saturated heterocycles. The second kappa shape index (κ2) is 9.83. The lowest BCUT2D eigenvalue weighted by atomic mass is 10.1. The van der Waals surface area contributed by atoms with Crippen molar-refractivity contribution in [2.24, 2.45) is 5.16 Å². The normalized spacial score (nSPS) is 11.5. The van der Waals surface area contributed by atoms with E-state index in [0.717, 1.165) is 23.3 Å². The van der Waals surface area contributed by atoms with Gasteiger partial charge in [0.05, 0.1) is 12.1 Å². The number of nitrogens with zero attached hydrogens (tertiary/aromatic N) is 2. The minimum absolute atomic E-state index is 0.260. The SMILES string of the molecule is CCCO/N=C(\Cn1cc(C(=O)O)c2ccccc21)c1cccc(Oc2ccccc2)c1. The summed E-state index contributed by atoms with van der Waals surface area (Å²) < 4.78 is 7.86. The van der Waals surface area contributed by atoms with E-state index in [4.69, 9.17) is 9.57 Å². The van der Waals surface area contributed by atoms with Crippen LogP contribution in [0.3, 0.4) is 0 Å². The van der Waals surface area contributed by atoms with Crippen molar-refractivity contribution in [3.8, 4) is 11.5 Å². The van der Waals surface area contributed by atoms with Crippen LogP contribution in [-0.4, -0.2) is 28.0 Å². The molecule has 0 radical (unpaired) electrons. The molecule has 0 amide bonds. The number of ether oxygens (including phenoxy) is 1. The maximum Gasteiger partial charge on any atom is 0.337 e. The van der Waals surface area contributed by atoms with Crippen LogP contribution >= 0.6 is 0 Å². The smallest absolute Gasteiger partial charge is 0.337 e. The first kappa shape index (κ1) is 21.2. The maximum atomic E-state index is 11.7. The van der Waals surface area contributed by atoms with Crippen LogP contribution < -0.4 is 4.74 Å². The number of rotatable bonds is 9. The van der Waals surface area contributed by atoms with Gasteiger partial charge in [-0.1, -0.05) is 60.6 Å². The molecule has 0 aliphatic rings. The van der Waals surface area contributed by atoms with E-state index < -0.39 is 5.97 Å². The number of para-hydroxylation sites is 2. The number of carboxylic acid groups (broad SMARTS) is 1. The van der Waals surface area contributed by atoms with Gasteiger partial charge in [0.1, 0.15) is 23.8 Å². The standard InChI is InChI=1S/C26H24N2O4/c1-2-15-31-27-24(18-28-17-23(26(29)30)22-13-6-7-14-25(22)28)19-9-8-12-21(16-19)32-20-10-4-3-5-11-20/h3-14,16-17H,2,15,18H2,1H3,(H,29,30)/b27-24+. The summed E-state index contributed by atoms with van der Waals surface area (Å²) in [5, 5.41) is 14.7. The van der Waals surface area contributed by atoms with Crippen LogP contribution in [0.1, 0.15) is 29.3 Å². The van der Waals surface area contributed by atoms with Gasteiger partial charge in [-0.3, -0.25) is 0 Å². The van der Waals surface area contributed by atoms with Gasteiger partial charge in [0.2, 0.25) is 0 Å². The highest BCUT2D eigenvalue weighted by Crippen LogP contribution is 2.25. The molecule has 3 aromatic carbocycles. The van der Waals surface area contributed by atoms with Gasteiger partial charge in [0, 0.05) is 22.7 Å². The van der Waals surface area contributed by atoms with Crippen molar-refractivity contribution in [1.82, 2.24) is 4.57 Å². The third-order valence-electron chi connectivity index (χ3n) is 4.96. The Hall–Kier alpha value is -4.06. The van der Waals surface area contributed by atoms with E-state index in [-0.39, 0.29) is 5.56 Å². The van der Waals surface area contributed by atoms with Crippen LogP contribution in [0.5, 0.6) is 11.5 Å². The molecule has 0 aliphatic heterocycles. The van der Waals surface area contributed by atoms with Gasteiger partial charge < -0.3 is 19.2 Å². The molecule has 0 fully saturated rings. The molecule has 1 heterocycles. The highest BCUT2D eigenvalue weighted by atomic mass is 16.6. The van der Waals surface area contributed by atoms with Crippen LogP contribution in [0.15, 0.2) is 90.2 Å². The summed E-state index contributed by atoms with van der Waals surface area (Å²) in [5.74, 6) is 0.465. The first-order valence-electron chi connectivity index (χ1n) is 10.5. The minimum Gasteiger partial charge on any atom is -0.478 e. The number of carbonyl (C=O) groups is 1. The zero-order valence-corrected chi connectivity index (χ0v) is 17.8. The summed E-state index contributed by atoms with van der Waals surface area (Å²) in [6, 6.07) is 24.6. The van der Waals surface area contributed by atoms with Gasteiger partial charge in [-0.2, -0.15) is 0 Å². The van der Waals surface area contributed by atoms with Crippen molar-refractivity contribution < 1.29 is 19.5 Å². The van der Waals surface area contributed by atoms with E-state index in [1.54, 1.807) is 6.20 Å². The van der Waals surface area contributed by atoms with Crippen LogP contribution in [0.25, 0.3) is 10.9 Å². The molecule has 6 heteroatoms. The van der Waals surface area contributed by atoms with E-state index in [0.29, 0.717) is 30.0 Å². The highest BCUT2D eigenvalue weighted by Gasteiger charge is 2.16. The van der Waals surface area contributed by atoms with Crippen molar-refractivity contribution in [1.29, 1.82) is 0 Å². The molecule has 0 saturated carbocycles. The lowest BCUT2D eigenvalue weighted by Gasteiger charge is -2.12. The Labute approximate surface area is 186 Å². The van der Waals surface area contributed by atoms with Gasteiger partial charge in [0.25, 0.3) is 0 Å². The number of hydrogen-bond acceptors (Lipinski definition) is 4. The Morgan fingerprint density at radius 1 is 0.969 bits per heavy atom. The number of carboxylic acids is 1. The Kier molecular flexibility index (Phi) is 6.51. The van der Waals surface area contributed by atoms with E-state index in [1.807, 2.05) is 90.4 Å². The molecule has 4 rings (SSSR count). The lowest BCUT2D eigenvalue weighted by Crippen LogP contribution is -2.12. The molecule has 1 N–H and O–H groups in total. The number of oxime groups is 1. The molecule has 6 nitrogen and oxygen atoms in total. The third-order valence-corrected chi connectivity index (χ3v) is 4.96. The van der Waals surface area contributed by atoms with Crippen LogP contribution in [0.4, 0.5) is 0 Å². The first-order valence-corrected chi connectivity index (χ1v) is 10.5. The van der Waals surface area contributed by atoms with Crippen molar-refractivity contribution in [2.75, 3.05) is 6.61 Å². The molecule has 32 heavy (non-hydrogen) atoms. The number of benzene rings is 3. The van der Waals surface area contributed by atoms with Crippen LogP contribution in [0.2, 0.25) is 0 Å².